The van der Waals surface area contributed by atoms with E-state index < -0.39 is 0 Å². The number of nitrogens with one attached hydrogen (secondary N) is 2. The van der Waals surface area contributed by atoms with Gasteiger partial charge in [-0.15, -0.1) is 35.3 Å². The molecule has 0 unspecified atom stereocenters. The molecule has 160 valence electrons. The van der Waals surface area contributed by atoms with E-state index in [1.807, 2.05) is 6.20 Å². The Labute approximate surface area is 196 Å². The quantitative estimate of drug-likeness (QED) is 0.312. The second-order valence-corrected chi connectivity index (χ2v) is 8.74. The maximum atomic E-state index is 4.77. The Morgan fingerprint density at radius 2 is 1.90 bits per heavy atom. The van der Waals surface area contributed by atoms with Crippen molar-refractivity contribution in [3.8, 4) is 0 Å². The molecule has 2 N–H and O–H groups in total. The lowest BCUT2D eigenvalue weighted by molar-refractivity contribution is 0.277. The van der Waals surface area contributed by atoms with Gasteiger partial charge in [-0.25, -0.2) is 9.98 Å². The molecule has 0 atom stereocenters. The van der Waals surface area contributed by atoms with Gasteiger partial charge in [0.15, 0.2) is 5.96 Å². The topological polar surface area (TPSA) is 52.6 Å². The van der Waals surface area contributed by atoms with E-state index in [4.69, 9.17) is 4.99 Å². The average Bonchev–Trinajstić information content (AvgIpc) is 2.95. The van der Waals surface area contributed by atoms with Gasteiger partial charge in [-0.05, 0) is 50.9 Å². The molecule has 1 fully saturated rings. The van der Waals surface area contributed by atoms with E-state index in [2.05, 4.69) is 58.6 Å². The van der Waals surface area contributed by atoms with Crippen molar-refractivity contribution in [2.45, 2.75) is 59.2 Å². The number of aromatic nitrogens is 1. The van der Waals surface area contributed by atoms with Gasteiger partial charge < -0.3 is 10.6 Å². The molecule has 5 nitrogen and oxygen atoms in total. The largest absolute Gasteiger partial charge is 0.357 e. The van der Waals surface area contributed by atoms with Crippen LogP contribution in [-0.4, -0.2) is 35.5 Å². The average molecular weight is 528 g/mol. The van der Waals surface area contributed by atoms with E-state index >= 15 is 0 Å². The number of thiazole rings is 1. The predicted octanol–water partition coefficient (Wildman–Crippen LogP) is 4.70. The zero-order valence-electron chi connectivity index (χ0n) is 17.6. The number of aliphatic imine (C=N–C) groups is 1. The Hall–Kier alpha value is -1.19. The zero-order chi connectivity index (χ0) is 19.6. The third-order valence-electron chi connectivity index (χ3n) is 4.94. The SMILES string of the molecule is CCNC(=NCc1cccc(CN2CCCCCC2)c1)NCc1ncc(C)s1.I. The van der Waals surface area contributed by atoms with Crippen LogP contribution in [0.15, 0.2) is 35.5 Å². The van der Waals surface area contributed by atoms with Gasteiger partial charge in [0.05, 0.1) is 13.1 Å². The number of hydrogen-bond donors (Lipinski definition) is 2. The van der Waals surface area contributed by atoms with Crippen LogP contribution in [0.25, 0.3) is 0 Å². The van der Waals surface area contributed by atoms with Gasteiger partial charge >= 0.3 is 0 Å². The number of benzene rings is 1. The molecule has 7 heteroatoms. The van der Waals surface area contributed by atoms with Crippen LogP contribution in [0.1, 0.15) is 53.6 Å². The molecule has 0 spiro atoms. The van der Waals surface area contributed by atoms with Gasteiger partial charge in [0.25, 0.3) is 0 Å². The summed E-state index contributed by atoms with van der Waals surface area (Å²) < 4.78 is 0. The molecule has 1 aliphatic rings. The molecule has 0 amide bonds. The highest BCUT2D eigenvalue weighted by Crippen LogP contribution is 2.15. The smallest absolute Gasteiger partial charge is 0.191 e. The van der Waals surface area contributed by atoms with E-state index in [-0.39, 0.29) is 24.0 Å². The standard InChI is InChI=1S/C22H33N5S.HI/c1-3-23-22(26-16-21-24-14-18(2)28-21)25-15-19-9-8-10-20(13-19)17-27-11-6-4-5-7-12-27;/h8-10,13-14H,3-7,11-12,15-17H2,1-2H3,(H2,23,25,26);1H. The van der Waals surface area contributed by atoms with Gasteiger partial charge in [0.1, 0.15) is 5.01 Å². The molecule has 0 aliphatic carbocycles. The normalized spacial score (nSPS) is 15.4. The van der Waals surface area contributed by atoms with E-state index in [0.717, 1.165) is 24.1 Å². The fraction of sp³-hybridized carbons (Fsp3) is 0.545. The lowest BCUT2D eigenvalue weighted by Crippen LogP contribution is -2.36. The first-order valence-corrected chi connectivity index (χ1v) is 11.3. The minimum Gasteiger partial charge on any atom is -0.357 e. The predicted molar refractivity (Wildman–Crippen MR) is 134 cm³/mol. The maximum Gasteiger partial charge on any atom is 0.191 e. The highest BCUT2D eigenvalue weighted by molar-refractivity contribution is 14.0. The van der Waals surface area contributed by atoms with Crippen molar-refractivity contribution >= 4 is 41.3 Å². The number of aryl methyl sites for hydroxylation is 1. The molecule has 0 radical (unpaired) electrons. The van der Waals surface area contributed by atoms with Crippen LogP contribution in [0.3, 0.4) is 0 Å². The Kier molecular flexibility index (Phi) is 10.9. The van der Waals surface area contributed by atoms with Crippen LogP contribution in [-0.2, 0) is 19.6 Å². The summed E-state index contributed by atoms with van der Waals surface area (Å²) in [5.41, 5.74) is 2.65. The van der Waals surface area contributed by atoms with Gasteiger partial charge in [0, 0.05) is 24.2 Å². The van der Waals surface area contributed by atoms with Gasteiger partial charge in [-0.1, -0.05) is 37.1 Å². The summed E-state index contributed by atoms with van der Waals surface area (Å²) in [4.78, 5) is 13.0. The molecule has 3 rings (SSSR count). The number of hydrogen-bond acceptors (Lipinski definition) is 4. The number of halogens is 1. The summed E-state index contributed by atoms with van der Waals surface area (Å²) in [6.45, 7) is 9.92. The van der Waals surface area contributed by atoms with Crippen molar-refractivity contribution in [2.75, 3.05) is 19.6 Å². The lowest BCUT2D eigenvalue weighted by Gasteiger charge is -2.20. The molecule has 2 heterocycles. The Bertz CT molecular complexity index is 753. The van der Waals surface area contributed by atoms with Crippen molar-refractivity contribution in [1.82, 2.24) is 20.5 Å². The summed E-state index contributed by atoms with van der Waals surface area (Å²) in [6, 6.07) is 8.88. The molecule has 1 aromatic heterocycles. The lowest BCUT2D eigenvalue weighted by atomic mass is 10.1. The summed E-state index contributed by atoms with van der Waals surface area (Å²) in [6.07, 6.45) is 7.35. The summed E-state index contributed by atoms with van der Waals surface area (Å²) in [7, 11) is 0. The molecular weight excluding hydrogens is 493 g/mol. The van der Waals surface area contributed by atoms with Crippen LogP contribution >= 0.6 is 35.3 Å². The number of rotatable bonds is 7. The summed E-state index contributed by atoms with van der Waals surface area (Å²) >= 11 is 1.72. The molecule has 1 saturated heterocycles. The van der Waals surface area contributed by atoms with Crippen molar-refractivity contribution in [3.05, 3.63) is 51.5 Å². The highest BCUT2D eigenvalue weighted by Gasteiger charge is 2.09. The highest BCUT2D eigenvalue weighted by atomic mass is 127. The van der Waals surface area contributed by atoms with E-state index in [1.54, 1.807) is 11.3 Å². The molecule has 29 heavy (non-hydrogen) atoms. The number of nitrogens with zero attached hydrogens (tertiary/aromatic N) is 3. The molecule has 1 aromatic carbocycles. The van der Waals surface area contributed by atoms with Crippen LogP contribution in [0.5, 0.6) is 0 Å². The second-order valence-electron chi connectivity index (χ2n) is 7.42. The first-order chi connectivity index (χ1) is 13.7. The third kappa shape index (κ3) is 8.60. The molecule has 2 aromatic rings. The molecule has 1 aliphatic heterocycles. The van der Waals surface area contributed by atoms with Crippen LogP contribution in [0, 0.1) is 6.92 Å². The second kappa shape index (κ2) is 13.2. The fourth-order valence-corrected chi connectivity index (χ4v) is 4.26. The fourth-order valence-electron chi connectivity index (χ4n) is 3.53. The maximum absolute atomic E-state index is 4.77. The molecule has 0 bridgehead atoms. The molecular formula is C22H34IN5S. The monoisotopic (exact) mass is 527 g/mol. The van der Waals surface area contributed by atoms with Crippen molar-refractivity contribution in [3.63, 3.8) is 0 Å². The van der Waals surface area contributed by atoms with Crippen molar-refractivity contribution in [1.29, 1.82) is 0 Å². The first kappa shape index (κ1) is 24.1. The van der Waals surface area contributed by atoms with E-state index in [1.165, 1.54) is 54.8 Å². The molecule has 0 saturated carbocycles. The third-order valence-corrected chi connectivity index (χ3v) is 5.85. The van der Waals surface area contributed by atoms with Crippen LogP contribution < -0.4 is 10.6 Å². The van der Waals surface area contributed by atoms with Crippen molar-refractivity contribution in [2.24, 2.45) is 4.99 Å². The zero-order valence-corrected chi connectivity index (χ0v) is 20.8. The number of guanidine groups is 1. The van der Waals surface area contributed by atoms with Crippen LogP contribution in [0.2, 0.25) is 0 Å². The van der Waals surface area contributed by atoms with Crippen LogP contribution in [0.4, 0.5) is 0 Å². The summed E-state index contributed by atoms with van der Waals surface area (Å²) in [5, 5.41) is 7.80. The van der Waals surface area contributed by atoms with Gasteiger partial charge in [0.2, 0.25) is 0 Å². The Morgan fingerprint density at radius 3 is 2.59 bits per heavy atom. The first-order valence-electron chi connectivity index (χ1n) is 10.5. The Balaban J connectivity index is 0.00000300. The number of likely N-dealkylation sites (tertiary alicyclic amines) is 1. The van der Waals surface area contributed by atoms with Gasteiger partial charge in [-0.2, -0.15) is 0 Å². The minimum atomic E-state index is 0. The van der Waals surface area contributed by atoms with Crippen molar-refractivity contribution < 1.29 is 0 Å². The van der Waals surface area contributed by atoms with Gasteiger partial charge in [-0.3, -0.25) is 4.90 Å². The Morgan fingerprint density at radius 1 is 1.14 bits per heavy atom. The van der Waals surface area contributed by atoms with E-state index in [9.17, 15) is 0 Å². The van der Waals surface area contributed by atoms with E-state index in [0.29, 0.717) is 13.1 Å². The minimum absolute atomic E-state index is 0. The summed E-state index contributed by atoms with van der Waals surface area (Å²) in [5.74, 6) is 0.841.